The first-order chi connectivity index (χ1) is 16.9. The van der Waals surface area contributed by atoms with E-state index in [0.29, 0.717) is 36.6 Å². The number of carbonyl (C=O) groups excluding carboxylic acids is 2. The van der Waals surface area contributed by atoms with E-state index in [1.165, 1.54) is 18.1 Å². The van der Waals surface area contributed by atoms with Crippen molar-refractivity contribution in [2.24, 2.45) is 0 Å². The maximum absolute atomic E-state index is 13.2. The topological polar surface area (TPSA) is 99.5 Å². The summed E-state index contributed by atoms with van der Waals surface area (Å²) in [7, 11) is 1.42. The van der Waals surface area contributed by atoms with E-state index in [4.69, 9.17) is 9.47 Å². The van der Waals surface area contributed by atoms with Crippen molar-refractivity contribution < 1.29 is 29.3 Å². The Balaban J connectivity index is 2.08. The highest BCUT2D eigenvalue weighted by atomic mass is 16.5. The third kappa shape index (κ3) is 5.49. The zero-order chi connectivity index (χ0) is 25.5. The van der Waals surface area contributed by atoms with Gasteiger partial charge >= 0.3 is 0 Å². The number of likely N-dealkylation sites (tertiary alicyclic amines) is 1. The van der Waals surface area contributed by atoms with Crippen LogP contribution < -0.4 is 9.47 Å². The van der Waals surface area contributed by atoms with Crippen molar-refractivity contribution in [2.75, 3.05) is 39.9 Å². The van der Waals surface area contributed by atoms with Crippen molar-refractivity contribution in [2.45, 2.75) is 19.9 Å². The van der Waals surface area contributed by atoms with E-state index in [-0.39, 0.29) is 22.8 Å². The summed E-state index contributed by atoms with van der Waals surface area (Å²) in [5.41, 5.74) is 0.918. The van der Waals surface area contributed by atoms with Crippen molar-refractivity contribution >= 4 is 17.4 Å². The highest BCUT2D eigenvalue weighted by Gasteiger charge is 2.46. The van der Waals surface area contributed by atoms with Gasteiger partial charge in [0.15, 0.2) is 11.5 Å². The van der Waals surface area contributed by atoms with Crippen LogP contribution >= 0.6 is 0 Å². The van der Waals surface area contributed by atoms with Crippen LogP contribution in [0, 0.1) is 0 Å². The number of hydrogen-bond donors (Lipinski definition) is 2. The van der Waals surface area contributed by atoms with Gasteiger partial charge in [0.05, 0.1) is 18.7 Å². The van der Waals surface area contributed by atoms with E-state index in [0.717, 1.165) is 13.1 Å². The number of amides is 1. The van der Waals surface area contributed by atoms with Gasteiger partial charge in [-0.25, -0.2) is 0 Å². The number of rotatable bonds is 11. The molecule has 0 saturated carbocycles. The number of aliphatic hydroxyl groups excluding tert-OH is 1. The number of aromatic hydroxyl groups is 1. The lowest BCUT2D eigenvalue weighted by atomic mass is 9.95. The molecule has 1 heterocycles. The second-order valence-corrected chi connectivity index (χ2v) is 8.07. The monoisotopic (exact) mass is 480 g/mol. The van der Waals surface area contributed by atoms with Gasteiger partial charge in [0.25, 0.3) is 11.7 Å². The van der Waals surface area contributed by atoms with Crippen LogP contribution in [0.4, 0.5) is 0 Å². The van der Waals surface area contributed by atoms with Gasteiger partial charge in [-0.1, -0.05) is 32.6 Å². The Morgan fingerprint density at radius 2 is 1.83 bits per heavy atom. The average molecular weight is 481 g/mol. The molecule has 0 unspecified atom stereocenters. The van der Waals surface area contributed by atoms with Crippen LogP contribution in [0.5, 0.6) is 17.2 Å². The number of phenolic OH excluding ortho intramolecular Hbond substituents is 1. The summed E-state index contributed by atoms with van der Waals surface area (Å²) in [5.74, 6) is -0.985. The molecular weight excluding hydrogens is 448 g/mol. The molecule has 1 fully saturated rings. The number of ether oxygens (including phenoxy) is 2. The number of nitrogens with zero attached hydrogens (tertiary/aromatic N) is 2. The van der Waals surface area contributed by atoms with Gasteiger partial charge in [0.1, 0.15) is 18.1 Å². The number of carbonyl (C=O) groups is 2. The molecule has 186 valence electrons. The molecule has 2 aromatic rings. The lowest BCUT2D eigenvalue weighted by Gasteiger charge is -2.28. The minimum Gasteiger partial charge on any atom is -0.507 e. The molecule has 35 heavy (non-hydrogen) atoms. The molecular formula is C27H32N2O6. The maximum atomic E-state index is 13.2. The van der Waals surface area contributed by atoms with Crippen LogP contribution in [0.25, 0.3) is 5.76 Å². The maximum Gasteiger partial charge on any atom is 0.295 e. The Labute approximate surface area is 205 Å². The molecule has 0 aliphatic carbocycles. The van der Waals surface area contributed by atoms with Crippen molar-refractivity contribution in [1.29, 1.82) is 0 Å². The van der Waals surface area contributed by atoms with Crippen LogP contribution in [0.2, 0.25) is 0 Å². The van der Waals surface area contributed by atoms with Crippen molar-refractivity contribution in [3.8, 4) is 17.2 Å². The number of hydrogen-bond acceptors (Lipinski definition) is 7. The quantitative estimate of drug-likeness (QED) is 0.219. The van der Waals surface area contributed by atoms with Crippen LogP contribution in [0.3, 0.4) is 0 Å². The molecule has 2 N–H and O–H groups in total. The minimum atomic E-state index is -0.836. The minimum absolute atomic E-state index is 0.0120. The van der Waals surface area contributed by atoms with Crippen LogP contribution in [-0.2, 0) is 9.59 Å². The molecule has 1 saturated heterocycles. The number of aliphatic hydroxyl groups is 1. The van der Waals surface area contributed by atoms with E-state index in [1.807, 2.05) is 13.8 Å². The Morgan fingerprint density at radius 3 is 2.43 bits per heavy atom. The highest BCUT2D eigenvalue weighted by molar-refractivity contribution is 6.46. The number of ketones is 1. The fraction of sp³-hybridized carbons (Fsp3) is 0.333. The molecule has 8 heteroatoms. The lowest BCUT2D eigenvalue weighted by Crippen LogP contribution is -2.38. The zero-order valence-electron chi connectivity index (χ0n) is 20.4. The largest absolute Gasteiger partial charge is 0.507 e. The smallest absolute Gasteiger partial charge is 0.295 e. The Bertz CT molecular complexity index is 1110. The van der Waals surface area contributed by atoms with Gasteiger partial charge in [-0.3, -0.25) is 9.59 Å². The molecule has 1 aliphatic rings. The molecule has 1 aliphatic heterocycles. The summed E-state index contributed by atoms with van der Waals surface area (Å²) in [6, 6.07) is 10.4. The van der Waals surface area contributed by atoms with Crippen molar-refractivity contribution in [1.82, 2.24) is 9.80 Å². The summed E-state index contributed by atoms with van der Waals surface area (Å²) in [6.45, 7) is 10.5. The first-order valence-electron chi connectivity index (χ1n) is 11.6. The molecule has 3 rings (SSSR count). The summed E-state index contributed by atoms with van der Waals surface area (Å²) < 4.78 is 10.7. The molecule has 2 aromatic carbocycles. The summed E-state index contributed by atoms with van der Waals surface area (Å²) in [6.07, 6.45) is 1.62. The van der Waals surface area contributed by atoms with E-state index in [1.54, 1.807) is 42.5 Å². The van der Waals surface area contributed by atoms with Crippen molar-refractivity contribution in [3.05, 3.63) is 71.8 Å². The van der Waals surface area contributed by atoms with Gasteiger partial charge < -0.3 is 29.5 Å². The molecule has 1 atom stereocenters. The molecule has 0 radical (unpaired) electrons. The number of Topliss-reactive ketones (excluding diaryl/α,β-unsaturated/α-hetero) is 1. The second-order valence-electron chi connectivity index (χ2n) is 8.07. The standard InChI is InChI=1S/C27H32N2O6/c1-5-16-35-20-11-8-18(9-12-20)25(31)23-24(19-10-13-21(30)22(17-19)34-4)29(27(33)26(23)32)15-14-28(6-2)7-3/h5,8-13,17,24,30-31H,1,6-7,14-16H2,2-4H3/b25-23+/t24-/m1/s1. The molecule has 0 spiro atoms. The predicted octanol–water partition coefficient (Wildman–Crippen LogP) is 3.73. The van der Waals surface area contributed by atoms with Crippen LogP contribution in [-0.4, -0.2) is 71.6 Å². The van der Waals surface area contributed by atoms with Gasteiger partial charge in [0, 0.05) is 18.7 Å². The van der Waals surface area contributed by atoms with Gasteiger partial charge in [0.2, 0.25) is 0 Å². The van der Waals surface area contributed by atoms with E-state index in [9.17, 15) is 19.8 Å². The van der Waals surface area contributed by atoms with Crippen molar-refractivity contribution in [3.63, 3.8) is 0 Å². The summed E-state index contributed by atoms with van der Waals surface area (Å²) >= 11 is 0. The summed E-state index contributed by atoms with van der Waals surface area (Å²) in [4.78, 5) is 29.9. The first-order valence-corrected chi connectivity index (χ1v) is 11.6. The third-order valence-electron chi connectivity index (χ3n) is 6.11. The Kier molecular flexibility index (Phi) is 8.54. The number of methoxy groups -OCH3 is 1. The SMILES string of the molecule is C=CCOc1ccc(/C(O)=C2\C(=O)C(=O)N(CCN(CC)CC)[C@@H]2c2ccc(O)c(OC)c2)cc1. The molecule has 0 bridgehead atoms. The van der Waals surface area contributed by atoms with E-state index >= 15 is 0 Å². The van der Waals surface area contributed by atoms with Gasteiger partial charge in [-0.15, -0.1) is 0 Å². The normalized spacial score (nSPS) is 17.1. The van der Waals surface area contributed by atoms with Crippen LogP contribution in [0.15, 0.2) is 60.7 Å². The van der Waals surface area contributed by atoms with E-state index < -0.39 is 17.7 Å². The first kappa shape index (κ1) is 25.8. The third-order valence-corrected chi connectivity index (χ3v) is 6.11. The molecule has 8 nitrogen and oxygen atoms in total. The Hall–Kier alpha value is -3.78. The van der Waals surface area contributed by atoms with Crippen LogP contribution in [0.1, 0.15) is 31.0 Å². The second kappa shape index (κ2) is 11.6. The lowest BCUT2D eigenvalue weighted by molar-refractivity contribution is -0.140. The molecule has 1 amide bonds. The number of benzene rings is 2. The fourth-order valence-corrected chi connectivity index (χ4v) is 4.13. The summed E-state index contributed by atoms with van der Waals surface area (Å²) in [5, 5.41) is 21.3. The fourth-order valence-electron chi connectivity index (χ4n) is 4.13. The predicted molar refractivity (Wildman–Crippen MR) is 134 cm³/mol. The number of likely N-dealkylation sites (N-methyl/N-ethyl adjacent to an activating group) is 1. The highest BCUT2D eigenvalue weighted by Crippen LogP contribution is 2.41. The number of phenols is 1. The van der Waals surface area contributed by atoms with E-state index in [2.05, 4.69) is 11.5 Å². The zero-order valence-corrected chi connectivity index (χ0v) is 20.4. The van der Waals surface area contributed by atoms with Gasteiger partial charge in [-0.2, -0.15) is 0 Å². The molecule has 0 aromatic heterocycles. The Morgan fingerprint density at radius 1 is 1.14 bits per heavy atom. The van der Waals surface area contributed by atoms with Gasteiger partial charge in [-0.05, 0) is 55.1 Å². The average Bonchev–Trinajstić information content (AvgIpc) is 3.13.